The van der Waals surface area contributed by atoms with Gasteiger partial charge in [0.25, 0.3) is 0 Å². The van der Waals surface area contributed by atoms with Gasteiger partial charge in [-0.15, -0.1) is 0 Å². The molecule has 3 nitrogen and oxygen atoms in total. The number of nitrogens with one attached hydrogen (secondary N) is 1. The first-order chi connectivity index (χ1) is 6.83. The second kappa shape index (κ2) is 7.21. The average molecular weight is 201 g/mol. The van der Waals surface area contributed by atoms with Crippen LogP contribution in [0.2, 0.25) is 0 Å². The highest BCUT2D eigenvalue weighted by Crippen LogP contribution is 2.13. The highest BCUT2D eigenvalue weighted by Gasteiger charge is 2.12. The minimum absolute atomic E-state index is 0.227. The van der Waals surface area contributed by atoms with Crippen LogP contribution in [0, 0.1) is 11.8 Å². The summed E-state index contributed by atoms with van der Waals surface area (Å²) in [6.45, 7) is 6.10. The first-order valence-corrected chi connectivity index (χ1v) is 5.72. The number of rotatable bonds is 6. The molecule has 0 aromatic rings. The van der Waals surface area contributed by atoms with Crippen LogP contribution in [0.1, 0.15) is 26.2 Å². The molecule has 3 heteroatoms. The van der Waals surface area contributed by atoms with Gasteiger partial charge in [-0.05, 0) is 38.3 Å². The third kappa shape index (κ3) is 4.94. The zero-order chi connectivity index (χ0) is 10.2. The number of piperidine rings is 1. The largest absolute Gasteiger partial charge is 0.396 e. The van der Waals surface area contributed by atoms with E-state index in [9.17, 15) is 0 Å². The van der Waals surface area contributed by atoms with E-state index >= 15 is 0 Å². The predicted molar refractivity (Wildman–Crippen MR) is 57.3 cm³/mol. The van der Waals surface area contributed by atoms with Gasteiger partial charge >= 0.3 is 0 Å². The monoisotopic (exact) mass is 201 g/mol. The molecule has 1 rings (SSSR count). The van der Waals surface area contributed by atoms with Crippen molar-refractivity contribution in [1.29, 1.82) is 0 Å². The van der Waals surface area contributed by atoms with E-state index in [1.165, 1.54) is 19.4 Å². The first-order valence-electron chi connectivity index (χ1n) is 5.72. The van der Waals surface area contributed by atoms with Gasteiger partial charge in [0.2, 0.25) is 0 Å². The Morgan fingerprint density at radius 2 is 2.43 bits per heavy atom. The molecule has 84 valence electrons. The second-order valence-corrected chi connectivity index (χ2v) is 4.36. The molecular formula is C11H23NO2. The number of aliphatic hydroxyl groups excluding tert-OH is 1. The highest BCUT2D eigenvalue weighted by molar-refractivity contribution is 4.68. The lowest BCUT2D eigenvalue weighted by atomic mass is 9.97. The molecule has 0 aromatic carbocycles. The van der Waals surface area contributed by atoms with Crippen molar-refractivity contribution in [2.24, 2.45) is 11.8 Å². The Morgan fingerprint density at radius 1 is 1.57 bits per heavy atom. The summed E-state index contributed by atoms with van der Waals surface area (Å²) in [7, 11) is 0. The fourth-order valence-corrected chi connectivity index (χ4v) is 1.76. The molecule has 14 heavy (non-hydrogen) atoms. The van der Waals surface area contributed by atoms with Gasteiger partial charge in [0.1, 0.15) is 0 Å². The summed E-state index contributed by atoms with van der Waals surface area (Å²) >= 11 is 0. The van der Waals surface area contributed by atoms with Gasteiger partial charge in [-0.2, -0.15) is 0 Å². The summed E-state index contributed by atoms with van der Waals surface area (Å²) in [5.41, 5.74) is 0. The molecule has 0 bridgehead atoms. The predicted octanol–water partition coefficient (Wildman–Crippen LogP) is 1.02. The van der Waals surface area contributed by atoms with E-state index in [1.54, 1.807) is 0 Å². The number of aliphatic hydroxyl groups is 1. The molecule has 0 saturated carbocycles. The maximum absolute atomic E-state index is 8.79. The number of hydrogen-bond acceptors (Lipinski definition) is 3. The quantitative estimate of drug-likeness (QED) is 0.630. The maximum Gasteiger partial charge on any atom is 0.0513 e. The molecule has 1 aliphatic heterocycles. The molecule has 0 amide bonds. The minimum atomic E-state index is 0.227. The summed E-state index contributed by atoms with van der Waals surface area (Å²) in [5, 5.41) is 12.2. The molecule has 1 aliphatic rings. The van der Waals surface area contributed by atoms with E-state index in [0.717, 1.165) is 25.5 Å². The lowest BCUT2D eigenvalue weighted by Gasteiger charge is -2.22. The Hall–Kier alpha value is -0.120. The second-order valence-electron chi connectivity index (χ2n) is 4.36. The highest BCUT2D eigenvalue weighted by atomic mass is 16.5. The lowest BCUT2D eigenvalue weighted by molar-refractivity contribution is 0.0696. The smallest absolute Gasteiger partial charge is 0.0513 e. The van der Waals surface area contributed by atoms with Crippen molar-refractivity contribution >= 4 is 0 Å². The van der Waals surface area contributed by atoms with Crippen LogP contribution >= 0.6 is 0 Å². The third-order valence-corrected chi connectivity index (χ3v) is 2.78. The van der Waals surface area contributed by atoms with Crippen molar-refractivity contribution in [3.63, 3.8) is 0 Å². The molecule has 1 saturated heterocycles. The van der Waals surface area contributed by atoms with E-state index in [0.29, 0.717) is 6.61 Å². The zero-order valence-electron chi connectivity index (χ0n) is 9.17. The van der Waals surface area contributed by atoms with Crippen molar-refractivity contribution in [3.8, 4) is 0 Å². The van der Waals surface area contributed by atoms with Gasteiger partial charge in [0, 0.05) is 19.1 Å². The van der Waals surface area contributed by atoms with E-state index in [2.05, 4.69) is 5.32 Å². The summed E-state index contributed by atoms with van der Waals surface area (Å²) in [5.74, 6) is 1.08. The first kappa shape index (κ1) is 12.0. The van der Waals surface area contributed by atoms with Gasteiger partial charge in [-0.3, -0.25) is 0 Å². The molecule has 0 radical (unpaired) electrons. The van der Waals surface area contributed by atoms with Gasteiger partial charge in [-0.25, -0.2) is 0 Å². The standard InChI is InChI=1S/C11H23NO2/c1-10(8-13)9-14-6-4-11-3-2-5-12-7-11/h10-13H,2-9H2,1H3. The van der Waals surface area contributed by atoms with Crippen molar-refractivity contribution < 1.29 is 9.84 Å². The molecule has 2 N–H and O–H groups in total. The van der Waals surface area contributed by atoms with Crippen LogP contribution in [0.25, 0.3) is 0 Å². The zero-order valence-corrected chi connectivity index (χ0v) is 9.17. The Morgan fingerprint density at radius 3 is 3.07 bits per heavy atom. The third-order valence-electron chi connectivity index (χ3n) is 2.78. The summed E-state index contributed by atoms with van der Waals surface area (Å²) in [6.07, 6.45) is 3.80. The fraction of sp³-hybridized carbons (Fsp3) is 1.00. The maximum atomic E-state index is 8.79. The van der Waals surface area contributed by atoms with Crippen LogP contribution in [-0.2, 0) is 4.74 Å². The van der Waals surface area contributed by atoms with E-state index in [4.69, 9.17) is 9.84 Å². The van der Waals surface area contributed by atoms with Crippen LogP contribution in [-0.4, -0.2) is 38.0 Å². The van der Waals surface area contributed by atoms with Crippen molar-refractivity contribution in [1.82, 2.24) is 5.32 Å². The van der Waals surface area contributed by atoms with Crippen LogP contribution in [0.5, 0.6) is 0 Å². The average Bonchev–Trinajstić information content (AvgIpc) is 2.25. The summed E-state index contributed by atoms with van der Waals surface area (Å²) in [6, 6.07) is 0. The number of hydrogen-bond donors (Lipinski definition) is 2. The van der Waals surface area contributed by atoms with E-state index in [-0.39, 0.29) is 12.5 Å². The lowest BCUT2D eigenvalue weighted by Crippen LogP contribution is -2.30. The topological polar surface area (TPSA) is 41.5 Å². The molecule has 0 aromatic heterocycles. The molecule has 1 fully saturated rings. The number of ether oxygens (including phenoxy) is 1. The van der Waals surface area contributed by atoms with E-state index in [1.807, 2.05) is 6.92 Å². The fourth-order valence-electron chi connectivity index (χ4n) is 1.76. The van der Waals surface area contributed by atoms with Crippen LogP contribution in [0.3, 0.4) is 0 Å². The Labute approximate surface area is 86.8 Å². The van der Waals surface area contributed by atoms with Gasteiger partial charge in [-0.1, -0.05) is 6.92 Å². The Balaban J connectivity index is 1.92. The summed E-state index contributed by atoms with van der Waals surface area (Å²) in [4.78, 5) is 0. The van der Waals surface area contributed by atoms with Crippen molar-refractivity contribution in [3.05, 3.63) is 0 Å². The molecular weight excluding hydrogens is 178 g/mol. The summed E-state index contributed by atoms with van der Waals surface area (Å²) < 4.78 is 5.50. The van der Waals surface area contributed by atoms with Gasteiger partial charge in [0.15, 0.2) is 0 Å². The molecule has 0 spiro atoms. The SMILES string of the molecule is CC(CO)COCCC1CCCNC1. The minimum Gasteiger partial charge on any atom is -0.396 e. The normalized spacial score (nSPS) is 24.9. The Bertz CT molecular complexity index is 135. The van der Waals surface area contributed by atoms with Crippen molar-refractivity contribution in [2.45, 2.75) is 26.2 Å². The van der Waals surface area contributed by atoms with E-state index < -0.39 is 0 Å². The van der Waals surface area contributed by atoms with Crippen LogP contribution < -0.4 is 5.32 Å². The van der Waals surface area contributed by atoms with Crippen molar-refractivity contribution in [2.75, 3.05) is 32.9 Å². The molecule has 1 heterocycles. The van der Waals surface area contributed by atoms with Crippen LogP contribution in [0.4, 0.5) is 0 Å². The van der Waals surface area contributed by atoms with Gasteiger partial charge in [0.05, 0.1) is 6.61 Å². The Kier molecular flexibility index (Phi) is 6.15. The molecule has 0 aliphatic carbocycles. The molecule has 2 atom stereocenters. The van der Waals surface area contributed by atoms with Crippen LogP contribution in [0.15, 0.2) is 0 Å². The molecule has 2 unspecified atom stereocenters. The van der Waals surface area contributed by atoms with Gasteiger partial charge < -0.3 is 15.2 Å².